The highest BCUT2D eigenvalue weighted by Crippen LogP contribution is 2.32. The third kappa shape index (κ3) is 3.69. The van der Waals surface area contributed by atoms with Gasteiger partial charge in [0.2, 0.25) is 0 Å². The van der Waals surface area contributed by atoms with Crippen LogP contribution in [0, 0.1) is 5.92 Å². The average molecular weight is 257 g/mol. The number of carbonyl (C=O) groups is 1. The summed E-state index contributed by atoms with van der Waals surface area (Å²) in [5.74, 6) is -0.623. The van der Waals surface area contributed by atoms with E-state index >= 15 is 0 Å². The number of carbonyl (C=O) groups excluding carboxylic acids is 1. The first kappa shape index (κ1) is 15.4. The van der Waals surface area contributed by atoms with Gasteiger partial charge in [0, 0.05) is 6.54 Å². The third-order valence-electron chi connectivity index (χ3n) is 4.02. The third-order valence-corrected chi connectivity index (χ3v) is 4.02. The van der Waals surface area contributed by atoms with Gasteiger partial charge in [-0.25, -0.2) is 0 Å². The molecule has 0 saturated carbocycles. The average Bonchev–Trinajstić information content (AvgIpc) is 2.53. The Hall–Kier alpha value is -0.610. The minimum Gasteiger partial charge on any atom is -0.466 e. The second kappa shape index (κ2) is 7.10. The van der Waals surface area contributed by atoms with Crippen LogP contribution < -0.4 is 0 Å². The van der Waals surface area contributed by atoms with Crippen LogP contribution in [-0.4, -0.2) is 47.8 Å². The van der Waals surface area contributed by atoms with Crippen LogP contribution in [0.2, 0.25) is 0 Å². The predicted molar refractivity (Wildman–Crippen MR) is 71.3 cm³/mol. The first-order valence-corrected chi connectivity index (χ1v) is 7.18. The lowest BCUT2D eigenvalue weighted by atomic mass is 9.80. The van der Waals surface area contributed by atoms with E-state index in [-0.39, 0.29) is 11.9 Å². The van der Waals surface area contributed by atoms with Gasteiger partial charge in [-0.3, -0.25) is 4.79 Å². The van der Waals surface area contributed by atoms with Gasteiger partial charge in [0.25, 0.3) is 0 Å². The molecule has 1 aliphatic heterocycles. The first-order valence-electron chi connectivity index (χ1n) is 7.18. The van der Waals surface area contributed by atoms with E-state index in [9.17, 15) is 9.90 Å². The van der Waals surface area contributed by atoms with E-state index in [1.54, 1.807) is 6.92 Å². The van der Waals surface area contributed by atoms with Crippen LogP contribution in [-0.2, 0) is 9.53 Å². The van der Waals surface area contributed by atoms with Gasteiger partial charge in [0.1, 0.15) is 0 Å². The minimum atomic E-state index is -0.884. The standard InChI is InChI=1S/C14H27NO3/c1-4-12(13(16)18-6-3)14(17)8-7-10-15(5-2)11-9-14/h12,17H,4-11H2,1-3H3. The highest BCUT2D eigenvalue weighted by Gasteiger charge is 2.41. The Morgan fingerprint density at radius 3 is 2.61 bits per heavy atom. The maximum atomic E-state index is 11.9. The first-order chi connectivity index (χ1) is 8.57. The molecule has 0 bridgehead atoms. The SMILES string of the molecule is CCOC(=O)C(CC)C1(O)CCCN(CC)CC1. The van der Waals surface area contributed by atoms with Crippen molar-refractivity contribution in [2.24, 2.45) is 5.92 Å². The van der Waals surface area contributed by atoms with Crippen LogP contribution in [0.4, 0.5) is 0 Å². The van der Waals surface area contributed by atoms with Crippen LogP contribution in [0.1, 0.15) is 46.5 Å². The number of nitrogens with zero attached hydrogens (tertiary/aromatic N) is 1. The summed E-state index contributed by atoms with van der Waals surface area (Å²) < 4.78 is 5.09. The number of ether oxygens (including phenoxy) is 1. The molecule has 1 saturated heterocycles. The minimum absolute atomic E-state index is 0.243. The van der Waals surface area contributed by atoms with E-state index in [1.807, 2.05) is 6.92 Å². The maximum absolute atomic E-state index is 11.9. The van der Waals surface area contributed by atoms with Crippen LogP contribution in [0.25, 0.3) is 0 Å². The Kier molecular flexibility index (Phi) is 6.09. The molecule has 1 N–H and O–H groups in total. The van der Waals surface area contributed by atoms with E-state index in [0.29, 0.717) is 25.9 Å². The molecule has 1 heterocycles. The highest BCUT2D eigenvalue weighted by atomic mass is 16.5. The summed E-state index contributed by atoms with van der Waals surface area (Å²) in [5.41, 5.74) is -0.884. The zero-order chi connectivity index (χ0) is 13.6. The molecule has 18 heavy (non-hydrogen) atoms. The van der Waals surface area contributed by atoms with Crippen molar-refractivity contribution in [1.29, 1.82) is 0 Å². The second-order valence-corrected chi connectivity index (χ2v) is 5.10. The zero-order valence-electron chi connectivity index (χ0n) is 11.9. The maximum Gasteiger partial charge on any atom is 0.311 e. The molecule has 1 aliphatic rings. The summed E-state index contributed by atoms with van der Waals surface area (Å²) in [5, 5.41) is 10.8. The van der Waals surface area contributed by atoms with Crippen molar-refractivity contribution >= 4 is 5.97 Å². The molecule has 2 unspecified atom stereocenters. The van der Waals surface area contributed by atoms with Crippen molar-refractivity contribution in [2.45, 2.75) is 52.1 Å². The number of hydrogen-bond acceptors (Lipinski definition) is 4. The number of hydrogen-bond donors (Lipinski definition) is 1. The van der Waals surface area contributed by atoms with E-state index in [4.69, 9.17) is 4.74 Å². The molecule has 0 aromatic carbocycles. The van der Waals surface area contributed by atoms with E-state index in [2.05, 4.69) is 11.8 Å². The fourth-order valence-corrected chi connectivity index (χ4v) is 2.87. The number of esters is 1. The largest absolute Gasteiger partial charge is 0.466 e. The summed E-state index contributed by atoms with van der Waals surface area (Å²) >= 11 is 0. The number of likely N-dealkylation sites (tertiary alicyclic amines) is 1. The van der Waals surface area contributed by atoms with Crippen LogP contribution in [0.15, 0.2) is 0 Å². The second-order valence-electron chi connectivity index (χ2n) is 5.10. The monoisotopic (exact) mass is 257 g/mol. The van der Waals surface area contributed by atoms with Gasteiger partial charge in [-0.2, -0.15) is 0 Å². The quantitative estimate of drug-likeness (QED) is 0.763. The van der Waals surface area contributed by atoms with Crippen molar-refractivity contribution in [1.82, 2.24) is 4.90 Å². The van der Waals surface area contributed by atoms with Gasteiger partial charge in [0.05, 0.1) is 18.1 Å². The summed E-state index contributed by atoms with van der Waals surface area (Å²) in [7, 11) is 0. The molecule has 0 spiro atoms. The Balaban J connectivity index is 2.73. The molecule has 4 nitrogen and oxygen atoms in total. The van der Waals surface area contributed by atoms with E-state index < -0.39 is 5.60 Å². The molecule has 0 aliphatic carbocycles. The molecular formula is C14H27NO3. The Bertz CT molecular complexity index is 270. The van der Waals surface area contributed by atoms with E-state index in [1.165, 1.54) is 0 Å². The Labute approximate surface area is 110 Å². The molecule has 0 amide bonds. The van der Waals surface area contributed by atoms with Crippen molar-refractivity contribution in [3.8, 4) is 0 Å². The molecule has 0 aromatic heterocycles. The molecule has 1 rings (SSSR count). The van der Waals surface area contributed by atoms with Gasteiger partial charge >= 0.3 is 5.97 Å². The number of aliphatic hydroxyl groups is 1. The number of rotatable bonds is 5. The van der Waals surface area contributed by atoms with Gasteiger partial charge < -0.3 is 14.7 Å². The predicted octanol–water partition coefficient (Wildman–Crippen LogP) is 1.81. The van der Waals surface area contributed by atoms with Crippen LogP contribution in [0.5, 0.6) is 0 Å². The van der Waals surface area contributed by atoms with Crippen LogP contribution >= 0.6 is 0 Å². The van der Waals surface area contributed by atoms with Crippen molar-refractivity contribution < 1.29 is 14.6 Å². The molecule has 4 heteroatoms. The van der Waals surface area contributed by atoms with E-state index in [0.717, 1.165) is 26.1 Å². The molecule has 0 aromatic rings. The summed E-state index contributed by atoms with van der Waals surface area (Å²) in [6, 6.07) is 0. The molecule has 2 atom stereocenters. The fourth-order valence-electron chi connectivity index (χ4n) is 2.87. The van der Waals surface area contributed by atoms with Crippen molar-refractivity contribution in [2.75, 3.05) is 26.2 Å². The lowest BCUT2D eigenvalue weighted by Gasteiger charge is -2.33. The van der Waals surface area contributed by atoms with Gasteiger partial charge in [-0.05, 0) is 45.7 Å². The Morgan fingerprint density at radius 1 is 1.33 bits per heavy atom. The topological polar surface area (TPSA) is 49.8 Å². The molecule has 0 radical (unpaired) electrons. The Morgan fingerprint density at radius 2 is 2.06 bits per heavy atom. The van der Waals surface area contributed by atoms with Crippen molar-refractivity contribution in [3.05, 3.63) is 0 Å². The summed E-state index contributed by atoms with van der Waals surface area (Å²) in [6.45, 7) is 9.15. The zero-order valence-corrected chi connectivity index (χ0v) is 11.9. The van der Waals surface area contributed by atoms with Crippen LogP contribution in [0.3, 0.4) is 0 Å². The lowest BCUT2D eigenvalue weighted by molar-refractivity contribution is -0.159. The molecule has 106 valence electrons. The summed E-state index contributed by atoms with van der Waals surface area (Å²) in [6.07, 6.45) is 2.95. The molecular weight excluding hydrogens is 230 g/mol. The van der Waals surface area contributed by atoms with Crippen molar-refractivity contribution in [3.63, 3.8) is 0 Å². The molecule has 1 fully saturated rings. The lowest BCUT2D eigenvalue weighted by Crippen LogP contribution is -2.43. The van der Waals surface area contributed by atoms with Gasteiger partial charge in [-0.1, -0.05) is 13.8 Å². The van der Waals surface area contributed by atoms with Gasteiger partial charge in [-0.15, -0.1) is 0 Å². The highest BCUT2D eigenvalue weighted by molar-refractivity contribution is 5.73. The normalized spacial score (nSPS) is 27.6. The smallest absolute Gasteiger partial charge is 0.311 e. The van der Waals surface area contributed by atoms with Gasteiger partial charge in [0.15, 0.2) is 0 Å². The fraction of sp³-hybridized carbons (Fsp3) is 0.929. The summed E-state index contributed by atoms with van der Waals surface area (Å²) in [4.78, 5) is 14.3.